The highest BCUT2D eigenvalue weighted by atomic mass is 16.8. The van der Waals surface area contributed by atoms with Gasteiger partial charge in [-0.05, 0) is 116 Å². The van der Waals surface area contributed by atoms with Crippen LogP contribution in [0.2, 0.25) is 0 Å². The van der Waals surface area contributed by atoms with Crippen LogP contribution in [0.3, 0.4) is 0 Å². The number of aliphatic hydroxyl groups excluding tert-OH is 13. The maximum Gasteiger partial charge on any atom is 0.187 e. The molecular formula is C54H90O21. The second kappa shape index (κ2) is 21.0. The maximum atomic E-state index is 11.9. The van der Waals surface area contributed by atoms with Gasteiger partial charge in [0.1, 0.15) is 85.5 Å². The molecule has 8 fully saturated rings. The smallest absolute Gasteiger partial charge is 0.187 e. The Morgan fingerprint density at radius 2 is 1.00 bits per heavy atom. The van der Waals surface area contributed by atoms with Crippen LogP contribution in [0.15, 0.2) is 11.6 Å². The molecule has 0 aromatic carbocycles. The first kappa shape index (κ1) is 58.6. The molecule has 29 unspecified atom stereocenters. The van der Waals surface area contributed by atoms with E-state index in [1.165, 1.54) is 19.4 Å². The molecular weight excluding hydrogens is 985 g/mol. The number of ether oxygens (including phenoxy) is 8. The molecule has 432 valence electrons. The van der Waals surface area contributed by atoms with Crippen molar-refractivity contribution in [3.8, 4) is 0 Å². The Bertz CT molecular complexity index is 2030. The lowest BCUT2D eigenvalue weighted by atomic mass is 9.33. The van der Waals surface area contributed by atoms with Gasteiger partial charge in [0.25, 0.3) is 0 Å². The van der Waals surface area contributed by atoms with Gasteiger partial charge >= 0.3 is 0 Å². The number of aliphatic hydroxyl groups is 13. The first-order valence-electron chi connectivity index (χ1n) is 27.6. The van der Waals surface area contributed by atoms with Gasteiger partial charge in [-0.25, -0.2) is 0 Å². The number of rotatable bonds is 11. The summed E-state index contributed by atoms with van der Waals surface area (Å²) >= 11 is 0. The number of hydrogen-bond donors (Lipinski definition) is 13. The van der Waals surface area contributed by atoms with Gasteiger partial charge in [-0.2, -0.15) is 0 Å². The molecule has 0 aromatic rings. The standard InChI is InChI=1S/C54H90O21/c1-23-32(58)34(60)38(64)45(68-23)73-42-28(20-55)71-47(40(66)36(42)62)70-27-19-51(7)30(12-13-53(9)31(51)11-10-25-26-18-49(3,4)14-16-54(26,22-57)17-15-52(25,53)8)50(5,6)44(27)75-48-41(67)37(63)43(29(21-56)72-48)74-46-39(65)35(61)33(59)24(2)69-46/h10,23-24,26-48,55-67H,11-22H2,1-9H3. The van der Waals surface area contributed by atoms with Crippen LogP contribution in [-0.2, 0) is 37.9 Å². The Labute approximate surface area is 440 Å². The Hall–Kier alpha value is -1.10. The van der Waals surface area contributed by atoms with Gasteiger partial charge in [-0.3, -0.25) is 0 Å². The molecule has 9 rings (SSSR count). The fourth-order valence-electron chi connectivity index (χ4n) is 16.7. The van der Waals surface area contributed by atoms with Crippen molar-refractivity contribution in [2.75, 3.05) is 19.8 Å². The Kier molecular flexibility index (Phi) is 16.4. The minimum absolute atomic E-state index is 0.0618. The minimum Gasteiger partial charge on any atom is -0.396 e. The first-order chi connectivity index (χ1) is 35.0. The van der Waals surface area contributed by atoms with Crippen LogP contribution in [-0.4, -0.2) is 221 Å². The van der Waals surface area contributed by atoms with Crippen molar-refractivity contribution in [2.45, 2.75) is 255 Å². The monoisotopic (exact) mass is 1070 g/mol. The lowest BCUT2D eigenvalue weighted by Crippen LogP contribution is -2.70. The summed E-state index contributed by atoms with van der Waals surface area (Å²) in [5.74, 6) is 0.267. The summed E-state index contributed by atoms with van der Waals surface area (Å²) in [4.78, 5) is 0. The van der Waals surface area contributed by atoms with Crippen LogP contribution < -0.4 is 0 Å². The molecule has 0 amide bonds. The number of hydrogen-bond acceptors (Lipinski definition) is 21. The largest absolute Gasteiger partial charge is 0.396 e. The molecule has 0 spiro atoms. The number of allylic oxidation sites excluding steroid dienone is 2. The summed E-state index contributed by atoms with van der Waals surface area (Å²) in [5, 5.41) is 143. The molecule has 0 bridgehead atoms. The molecule has 21 heteroatoms. The average molecular weight is 1080 g/mol. The third-order valence-electron chi connectivity index (χ3n) is 21.4. The van der Waals surface area contributed by atoms with Gasteiger partial charge in [-0.1, -0.05) is 60.1 Å². The van der Waals surface area contributed by atoms with Gasteiger partial charge in [-0.15, -0.1) is 0 Å². The van der Waals surface area contributed by atoms with Crippen molar-refractivity contribution in [2.24, 2.45) is 50.2 Å². The van der Waals surface area contributed by atoms with Gasteiger partial charge < -0.3 is 104 Å². The normalized spacial score (nSPS) is 55.7. The third-order valence-corrected chi connectivity index (χ3v) is 21.4. The summed E-state index contributed by atoms with van der Waals surface area (Å²) < 4.78 is 49.4. The Balaban J connectivity index is 1.03. The van der Waals surface area contributed by atoms with E-state index in [9.17, 15) is 66.4 Å². The summed E-state index contributed by atoms with van der Waals surface area (Å²) in [6.07, 6.45) is -23.3. The molecule has 5 aliphatic carbocycles. The predicted molar refractivity (Wildman–Crippen MR) is 261 cm³/mol. The zero-order valence-electron chi connectivity index (χ0n) is 45.1. The second-order valence-electron chi connectivity index (χ2n) is 26.5. The number of fused-ring (bicyclic) bond motifs is 7. The van der Waals surface area contributed by atoms with Crippen LogP contribution in [0.1, 0.15) is 120 Å². The molecule has 4 saturated carbocycles. The van der Waals surface area contributed by atoms with E-state index < -0.39 is 159 Å². The van der Waals surface area contributed by atoms with Crippen LogP contribution >= 0.6 is 0 Å². The van der Waals surface area contributed by atoms with Crippen LogP contribution in [0, 0.1) is 50.2 Å². The summed E-state index contributed by atoms with van der Waals surface area (Å²) in [6, 6.07) is 0. The van der Waals surface area contributed by atoms with E-state index in [4.69, 9.17) is 37.9 Å². The second-order valence-corrected chi connectivity index (χ2v) is 26.5. The summed E-state index contributed by atoms with van der Waals surface area (Å²) in [7, 11) is 0. The van der Waals surface area contributed by atoms with E-state index in [-0.39, 0.29) is 46.0 Å². The molecule has 29 atom stereocenters. The van der Waals surface area contributed by atoms with Gasteiger partial charge in [0.15, 0.2) is 25.2 Å². The van der Waals surface area contributed by atoms with E-state index in [1.54, 1.807) is 0 Å². The topological polar surface area (TPSA) is 337 Å². The van der Waals surface area contributed by atoms with Gasteiger partial charge in [0, 0.05) is 12.0 Å². The summed E-state index contributed by atoms with van der Waals surface area (Å²) in [5.41, 5.74) is -0.345. The van der Waals surface area contributed by atoms with E-state index in [2.05, 4.69) is 40.7 Å². The van der Waals surface area contributed by atoms with Crippen LogP contribution in [0.25, 0.3) is 0 Å². The Morgan fingerprint density at radius 3 is 1.51 bits per heavy atom. The quantitative estimate of drug-likeness (QED) is 0.0913. The molecule has 21 nitrogen and oxygen atoms in total. The molecule has 9 aliphatic rings. The molecule has 0 aromatic heterocycles. The zero-order valence-corrected chi connectivity index (χ0v) is 45.1. The average Bonchev–Trinajstić information content (AvgIpc) is 3.36. The highest BCUT2D eigenvalue weighted by Crippen LogP contribution is 2.76. The minimum atomic E-state index is -1.85. The van der Waals surface area contributed by atoms with Crippen molar-refractivity contribution in [3.05, 3.63) is 11.6 Å². The van der Waals surface area contributed by atoms with E-state index in [0.717, 1.165) is 51.4 Å². The van der Waals surface area contributed by atoms with Gasteiger partial charge in [0.05, 0.1) is 37.6 Å². The van der Waals surface area contributed by atoms with Gasteiger partial charge in [0.2, 0.25) is 0 Å². The van der Waals surface area contributed by atoms with Crippen LogP contribution in [0.4, 0.5) is 0 Å². The third kappa shape index (κ3) is 9.55. The predicted octanol–water partition coefficient (Wildman–Crippen LogP) is -0.536. The van der Waals surface area contributed by atoms with Crippen molar-refractivity contribution in [3.63, 3.8) is 0 Å². The lowest BCUT2D eigenvalue weighted by molar-refractivity contribution is -0.387. The van der Waals surface area contributed by atoms with Crippen molar-refractivity contribution in [1.82, 2.24) is 0 Å². The highest BCUT2D eigenvalue weighted by Gasteiger charge is 2.71. The molecule has 4 saturated heterocycles. The molecule has 13 N–H and O–H groups in total. The van der Waals surface area contributed by atoms with Crippen molar-refractivity contribution < 1.29 is 104 Å². The zero-order chi connectivity index (χ0) is 54.9. The molecule has 0 radical (unpaired) electrons. The Morgan fingerprint density at radius 1 is 0.520 bits per heavy atom. The fraction of sp³-hybridized carbons (Fsp3) is 0.963. The summed E-state index contributed by atoms with van der Waals surface area (Å²) in [6.45, 7) is 17.5. The lowest BCUT2D eigenvalue weighted by Gasteiger charge is -2.72. The maximum absolute atomic E-state index is 11.9. The molecule has 75 heavy (non-hydrogen) atoms. The van der Waals surface area contributed by atoms with E-state index in [0.29, 0.717) is 6.42 Å². The fourth-order valence-corrected chi connectivity index (χ4v) is 16.7. The van der Waals surface area contributed by atoms with Crippen LogP contribution in [0.5, 0.6) is 0 Å². The molecule has 4 aliphatic heterocycles. The first-order valence-corrected chi connectivity index (χ1v) is 27.6. The highest BCUT2D eigenvalue weighted by molar-refractivity contribution is 5.34. The molecule has 4 heterocycles. The van der Waals surface area contributed by atoms with E-state index >= 15 is 0 Å². The van der Waals surface area contributed by atoms with E-state index in [1.807, 2.05) is 13.8 Å². The SMILES string of the molecule is CC1OC(OC2C(CO)OC(OC3CC4(C)C(CCC5(C)C4CC=C4C6CC(C)(C)CCC6(CO)CCC45C)C(C)(C)C3OC3OC(CO)C(OC4OC(C)C(O)C(O)C4O)C(O)C3O)C(O)C2O)C(O)C(O)C1O. The van der Waals surface area contributed by atoms with Crippen molar-refractivity contribution >= 4 is 0 Å². The van der Waals surface area contributed by atoms with Crippen molar-refractivity contribution in [1.29, 1.82) is 0 Å².